The number of hydrogen-bond acceptors (Lipinski definition) is 5. The second-order valence-electron chi connectivity index (χ2n) is 6.90. The van der Waals surface area contributed by atoms with Crippen LogP contribution in [0.1, 0.15) is 40.0 Å². The Kier molecular flexibility index (Phi) is 5.31. The Morgan fingerprint density at radius 1 is 1.25 bits per heavy atom. The first-order valence-corrected chi connectivity index (χ1v) is 8.06. The fourth-order valence-electron chi connectivity index (χ4n) is 2.85. The van der Waals surface area contributed by atoms with Crippen LogP contribution >= 0.6 is 0 Å². The van der Waals surface area contributed by atoms with Gasteiger partial charge in [0.25, 0.3) is 0 Å². The van der Waals surface area contributed by atoms with Gasteiger partial charge in [-0.3, -0.25) is 14.4 Å². The van der Waals surface area contributed by atoms with Crippen LogP contribution in [0.2, 0.25) is 0 Å². The topological polar surface area (TPSA) is 87.2 Å². The minimum atomic E-state index is -0.950. The van der Waals surface area contributed by atoms with Crippen molar-refractivity contribution in [1.29, 1.82) is 0 Å². The minimum Gasteiger partial charge on any atom is -0.480 e. The molecule has 1 heterocycles. The van der Waals surface area contributed by atoms with Crippen molar-refractivity contribution in [2.75, 3.05) is 19.6 Å². The molecule has 0 saturated carbocycles. The Balaban J connectivity index is 2.28. The van der Waals surface area contributed by atoms with E-state index in [1.165, 1.54) is 4.90 Å². The molecule has 7 heteroatoms. The summed E-state index contributed by atoms with van der Waals surface area (Å²) < 4.78 is 5.32. The predicted octanol–water partition coefficient (Wildman–Crippen LogP) is 1.51. The van der Waals surface area contributed by atoms with E-state index >= 15 is 0 Å². The fraction of sp³-hybridized carbons (Fsp3) is 0.588. The summed E-state index contributed by atoms with van der Waals surface area (Å²) in [4.78, 5) is 38.9. The largest absolute Gasteiger partial charge is 0.480 e. The average molecular weight is 336 g/mol. The van der Waals surface area contributed by atoms with Gasteiger partial charge in [-0.25, -0.2) is 0 Å². The maximum atomic E-state index is 12.5. The van der Waals surface area contributed by atoms with Crippen LogP contribution in [0.15, 0.2) is 23.5 Å². The number of carbonyl (C=O) groups is 3. The number of rotatable bonds is 4. The van der Waals surface area contributed by atoms with E-state index in [4.69, 9.17) is 9.84 Å². The number of carbonyl (C=O) groups excluding carboxylic acids is 2. The smallest absolute Gasteiger partial charge is 0.326 e. The summed E-state index contributed by atoms with van der Waals surface area (Å²) in [6.45, 7) is 5.33. The third-order valence-electron chi connectivity index (χ3n) is 3.72. The molecule has 1 aliphatic heterocycles. The zero-order chi connectivity index (χ0) is 17.9. The second kappa shape index (κ2) is 7.07. The predicted molar refractivity (Wildman–Crippen MR) is 86.8 cm³/mol. The summed E-state index contributed by atoms with van der Waals surface area (Å²) in [6, 6.07) is 0. The number of esters is 1. The molecule has 1 amide bonds. The zero-order valence-corrected chi connectivity index (χ0v) is 14.4. The third-order valence-corrected chi connectivity index (χ3v) is 3.72. The highest BCUT2D eigenvalue weighted by atomic mass is 16.6. The molecule has 2 aliphatic rings. The monoisotopic (exact) mass is 336 g/mol. The molecule has 0 spiro atoms. The standard InChI is InChI=1S/C17H24N2O5/c1-17(2,3)24-16(23)11-19-13-7-5-4-6-12(13)18(10-15(21)22)9-8-14(19)20/h4,6H,5,7-11H2,1-3H3,(H,21,22). The Bertz CT molecular complexity index is 601. The molecule has 132 valence electrons. The lowest BCUT2D eigenvalue weighted by Crippen LogP contribution is -2.38. The zero-order valence-electron chi connectivity index (χ0n) is 14.4. The van der Waals surface area contributed by atoms with Crippen LogP contribution in [0.5, 0.6) is 0 Å². The number of nitrogens with zero attached hydrogens (tertiary/aromatic N) is 2. The van der Waals surface area contributed by atoms with Gasteiger partial charge in [0, 0.05) is 18.7 Å². The average Bonchev–Trinajstić information content (AvgIpc) is 2.57. The number of carboxylic acid groups (broad SMARTS) is 1. The number of hydrogen-bond donors (Lipinski definition) is 1. The summed E-state index contributed by atoms with van der Waals surface area (Å²) in [6.07, 6.45) is 5.29. The Hall–Kier alpha value is -2.31. The number of allylic oxidation sites excluding steroid dienone is 3. The first-order valence-electron chi connectivity index (χ1n) is 8.06. The molecule has 1 aliphatic carbocycles. The van der Waals surface area contributed by atoms with E-state index < -0.39 is 17.5 Å². The molecule has 1 N–H and O–H groups in total. The molecule has 0 bridgehead atoms. The second-order valence-corrected chi connectivity index (χ2v) is 6.90. The fourth-order valence-corrected chi connectivity index (χ4v) is 2.85. The number of amides is 1. The van der Waals surface area contributed by atoms with Gasteiger partial charge in [0.05, 0.1) is 5.70 Å². The molecule has 0 fully saturated rings. The molecular formula is C17H24N2O5. The van der Waals surface area contributed by atoms with E-state index in [-0.39, 0.29) is 25.4 Å². The van der Waals surface area contributed by atoms with Gasteiger partial charge in [0.1, 0.15) is 18.7 Å². The normalized spacial score (nSPS) is 18.4. The lowest BCUT2D eigenvalue weighted by molar-refractivity contribution is -0.158. The Morgan fingerprint density at radius 2 is 1.96 bits per heavy atom. The van der Waals surface area contributed by atoms with Gasteiger partial charge in [-0.05, 0) is 39.7 Å². The van der Waals surface area contributed by atoms with Crippen LogP contribution in [0.3, 0.4) is 0 Å². The lowest BCUT2D eigenvalue weighted by atomic mass is 10.1. The van der Waals surface area contributed by atoms with Gasteiger partial charge in [0.15, 0.2) is 0 Å². The van der Waals surface area contributed by atoms with Crippen LogP contribution in [0.4, 0.5) is 0 Å². The van der Waals surface area contributed by atoms with Crippen molar-refractivity contribution < 1.29 is 24.2 Å². The van der Waals surface area contributed by atoms with Gasteiger partial charge in [-0.15, -0.1) is 0 Å². The molecule has 0 atom stereocenters. The summed E-state index contributed by atoms with van der Waals surface area (Å²) >= 11 is 0. The maximum absolute atomic E-state index is 12.5. The quantitative estimate of drug-likeness (QED) is 0.783. The van der Waals surface area contributed by atoms with E-state index in [0.29, 0.717) is 24.4 Å². The van der Waals surface area contributed by atoms with Crippen molar-refractivity contribution in [2.24, 2.45) is 0 Å². The minimum absolute atomic E-state index is 0.149. The van der Waals surface area contributed by atoms with Gasteiger partial charge in [0.2, 0.25) is 5.91 Å². The number of ether oxygens (including phenoxy) is 1. The van der Waals surface area contributed by atoms with Crippen molar-refractivity contribution >= 4 is 17.8 Å². The molecule has 0 aromatic carbocycles. The van der Waals surface area contributed by atoms with Gasteiger partial charge in [-0.2, -0.15) is 0 Å². The molecule has 0 saturated heterocycles. The lowest BCUT2D eigenvalue weighted by Gasteiger charge is -2.30. The third kappa shape index (κ3) is 4.59. The van der Waals surface area contributed by atoms with Crippen LogP contribution < -0.4 is 0 Å². The van der Waals surface area contributed by atoms with E-state index in [9.17, 15) is 14.4 Å². The highest BCUT2D eigenvalue weighted by Gasteiger charge is 2.31. The van der Waals surface area contributed by atoms with Crippen molar-refractivity contribution in [1.82, 2.24) is 9.80 Å². The summed E-state index contributed by atoms with van der Waals surface area (Å²) in [5, 5.41) is 9.09. The van der Waals surface area contributed by atoms with E-state index in [1.54, 1.807) is 25.7 Å². The van der Waals surface area contributed by atoms with Crippen molar-refractivity contribution in [2.45, 2.75) is 45.6 Å². The molecule has 24 heavy (non-hydrogen) atoms. The number of carboxylic acids is 1. The molecular weight excluding hydrogens is 312 g/mol. The molecule has 2 rings (SSSR count). The first-order chi connectivity index (χ1) is 11.2. The molecule has 0 aromatic rings. The van der Waals surface area contributed by atoms with Crippen LogP contribution in [0, 0.1) is 0 Å². The highest BCUT2D eigenvalue weighted by Crippen LogP contribution is 2.28. The molecule has 0 radical (unpaired) electrons. The Labute approximate surface area is 141 Å². The van der Waals surface area contributed by atoms with Crippen LogP contribution in [0.25, 0.3) is 0 Å². The van der Waals surface area contributed by atoms with Crippen LogP contribution in [-0.2, 0) is 19.1 Å². The van der Waals surface area contributed by atoms with Gasteiger partial charge >= 0.3 is 11.9 Å². The summed E-state index contributed by atoms with van der Waals surface area (Å²) in [5.41, 5.74) is 0.788. The molecule has 0 aromatic heterocycles. The van der Waals surface area contributed by atoms with Crippen molar-refractivity contribution in [3.63, 3.8) is 0 Å². The number of aliphatic carboxylic acids is 1. The Morgan fingerprint density at radius 3 is 2.58 bits per heavy atom. The maximum Gasteiger partial charge on any atom is 0.326 e. The van der Waals surface area contributed by atoms with Gasteiger partial charge < -0.3 is 19.6 Å². The van der Waals surface area contributed by atoms with E-state index in [1.807, 2.05) is 12.2 Å². The van der Waals surface area contributed by atoms with E-state index in [0.717, 1.165) is 6.42 Å². The van der Waals surface area contributed by atoms with Crippen molar-refractivity contribution in [3.8, 4) is 0 Å². The molecule has 0 unspecified atom stereocenters. The SMILES string of the molecule is CC(C)(C)OC(=O)CN1C(=O)CCN(CC(=O)O)C2=C1CCC=C2. The van der Waals surface area contributed by atoms with E-state index in [2.05, 4.69) is 0 Å². The molecule has 7 nitrogen and oxygen atoms in total. The summed E-state index contributed by atoms with van der Waals surface area (Å²) in [7, 11) is 0. The van der Waals surface area contributed by atoms with Gasteiger partial charge in [-0.1, -0.05) is 6.08 Å². The summed E-state index contributed by atoms with van der Waals surface area (Å²) in [5.74, 6) is -1.60. The van der Waals surface area contributed by atoms with Crippen LogP contribution in [-0.4, -0.2) is 58.0 Å². The first kappa shape index (κ1) is 18.0. The van der Waals surface area contributed by atoms with Crippen molar-refractivity contribution in [3.05, 3.63) is 23.5 Å². The highest BCUT2D eigenvalue weighted by molar-refractivity contribution is 5.84.